The number of urea groups is 2. The van der Waals surface area contributed by atoms with Gasteiger partial charge in [-0.05, 0) is 0 Å². The topological polar surface area (TPSA) is 103 Å². The molecule has 0 fully saturated rings. The first kappa shape index (κ1) is 12.8. The van der Waals surface area contributed by atoms with Gasteiger partial charge in [0.1, 0.15) is 0 Å². The summed E-state index contributed by atoms with van der Waals surface area (Å²) in [5, 5.41) is 21.5. The Kier molecular flexibility index (Phi) is 6.63. The van der Waals surface area contributed by atoms with Crippen LogP contribution in [-0.2, 0) is 0 Å². The summed E-state index contributed by atoms with van der Waals surface area (Å²) in [5.74, 6) is 0. The zero-order valence-electron chi connectivity index (χ0n) is 8.04. The summed E-state index contributed by atoms with van der Waals surface area (Å²) in [4.78, 5) is 22.3. The number of nitrogens with one attached hydrogen (secondary N) is 3. The number of carbonyl (C=O) groups is 2. The highest BCUT2D eigenvalue weighted by Gasteiger charge is 2.21. The van der Waals surface area contributed by atoms with E-state index in [1.165, 1.54) is 7.05 Å². The number of aliphatic hydroxyl groups is 2. The average Bonchev–Trinajstić information content (AvgIpc) is 2.21. The van der Waals surface area contributed by atoms with Crippen LogP contribution in [0.5, 0.6) is 0 Å². The van der Waals surface area contributed by atoms with Crippen molar-refractivity contribution in [3.05, 3.63) is 0 Å². The van der Waals surface area contributed by atoms with E-state index in [0.717, 1.165) is 0 Å². The normalized spacial score (nSPS) is 10.0. The lowest BCUT2D eigenvalue weighted by Crippen LogP contribution is -3.17. The minimum absolute atomic E-state index is 0.00639. The van der Waals surface area contributed by atoms with Crippen molar-refractivity contribution >= 4 is 12.1 Å². The quantitative estimate of drug-likeness (QED) is 0.336. The van der Waals surface area contributed by atoms with Gasteiger partial charge < -0.3 is 20.8 Å². The van der Waals surface area contributed by atoms with Crippen molar-refractivity contribution in [1.82, 2.24) is 10.6 Å². The number of hydrogen-bond donors (Lipinski definition) is 5. The highest BCUT2D eigenvalue weighted by molar-refractivity contribution is 5.78. The van der Waals surface area contributed by atoms with E-state index in [1.54, 1.807) is 0 Å². The largest absolute Gasteiger partial charge is 0.423 e. The lowest BCUT2D eigenvalue weighted by Gasteiger charge is -2.09. The Balaban J connectivity index is 3.85. The lowest BCUT2D eigenvalue weighted by atomic mass is 10.6. The Hall–Kier alpha value is -1.18. The van der Waals surface area contributed by atoms with Crippen molar-refractivity contribution in [1.29, 1.82) is 0 Å². The minimum Gasteiger partial charge on any atom is -0.395 e. The van der Waals surface area contributed by atoms with Crippen LogP contribution < -0.4 is 15.5 Å². The first-order valence-electron chi connectivity index (χ1n) is 4.25. The predicted octanol–water partition coefficient (Wildman–Crippen LogP) is -3.10. The van der Waals surface area contributed by atoms with Crippen molar-refractivity contribution in [2.45, 2.75) is 0 Å². The maximum atomic E-state index is 11.1. The smallest absolute Gasteiger partial charge is 0.395 e. The van der Waals surface area contributed by atoms with Crippen LogP contribution >= 0.6 is 0 Å². The van der Waals surface area contributed by atoms with Gasteiger partial charge in [0.25, 0.3) is 0 Å². The fourth-order valence-corrected chi connectivity index (χ4v) is 0.707. The third-order valence-electron chi connectivity index (χ3n) is 1.48. The molecule has 0 aliphatic heterocycles. The summed E-state index contributed by atoms with van der Waals surface area (Å²) in [6.45, 7) is -0.110. The molecule has 0 unspecified atom stereocenters. The van der Waals surface area contributed by atoms with Crippen LogP contribution in [0, 0.1) is 0 Å². The molecule has 0 spiro atoms. The third-order valence-corrected chi connectivity index (χ3v) is 1.48. The van der Waals surface area contributed by atoms with Crippen LogP contribution in [0.2, 0.25) is 0 Å². The van der Waals surface area contributed by atoms with Crippen LogP contribution in [0.25, 0.3) is 0 Å². The maximum Gasteiger partial charge on any atom is 0.423 e. The number of rotatable bonds is 4. The molecule has 0 aromatic heterocycles. The van der Waals surface area contributed by atoms with E-state index in [-0.39, 0.29) is 31.2 Å². The number of hydrogen-bond acceptors (Lipinski definition) is 4. The Morgan fingerprint density at radius 2 is 1.43 bits per heavy atom. The number of carbonyl (C=O) groups excluding carboxylic acids is 2. The fraction of sp³-hybridized carbons (Fsp3) is 0.714. The van der Waals surface area contributed by atoms with E-state index in [4.69, 9.17) is 10.2 Å². The van der Waals surface area contributed by atoms with Gasteiger partial charge in [-0.1, -0.05) is 0 Å². The molecule has 0 saturated carbocycles. The van der Waals surface area contributed by atoms with Crippen LogP contribution in [0.3, 0.4) is 0 Å². The molecule has 0 aromatic rings. The zero-order valence-corrected chi connectivity index (χ0v) is 8.04. The number of quaternary nitrogens is 1. The molecule has 0 heterocycles. The Morgan fingerprint density at radius 1 is 1.07 bits per heavy atom. The van der Waals surface area contributed by atoms with E-state index in [0.29, 0.717) is 0 Å². The van der Waals surface area contributed by atoms with Gasteiger partial charge in [0.05, 0.1) is 20.3 Å². The average molecular weight is 206 g/mol. The van der Waals surface area contributed by atoms with Gasteiger partial charge in [-0.25, -0.2) is 9.59 Å². The highest BCUT2D eigenvalue weighted by Crippen LogP contribution is 1.61. The molecule has 0 saturated heterocycles. The molecule has 0 bridgehead atoms. The molecular formula is C7H16N3O4+. The third kappa shape index (κ3) is 4.75. The van der Waals surface area contributed by atoms with Crippen molar-refractivity contribution in [3.8, 4) is 0 Å². The van der Waals surface area contributed by atoms with Crippen LogP contribution in [0.4, 0.5) is 9.59 Å². The Bertz CT molecular complexity index is 177. The molecule has 5 N–H and O–H groups in total. The van der Waals surface area contributed by atoms with Crippen molar-refractivity contribution in [2.24, 2.45) is 0 Å². The Labute approximate surface area is 81.7 Å². The van der Waals surface area contributed by atoms with Gasteiger partial charge in [-0.3, -0.25) is 0 Å². The molecule has 0 atom stereocenters. The summed E-state index contributed by atoms with van der Waals surface area (Å²) in [7, 11) is 1.37. The van der Waals surface area contributed by atoms with Crippen molar-refractivity contribution in [3.63, 3.8) is 0 Å². The highest BCUT2D eigenvalue weighted by atomic mass is 16.3. The molecule has 0 radical (unpaired) electrons. The fourth-order valence-electron chi connectivity index (χ4n) is 0.707. The van der Waals surface area contributed by atoms with Crippen LogP contribution in [-0.4, -0.2) is 55.6 Å². The predicted molar refractivity (Wildman–Crippen MR) is 47.9 cm³/mol. The van der Waals surface area contributed by atoms with Gasteiger partial charge >= 0.3 is 12.1 Å². The molecule has 0 rings (SSSR count). The summed E-state index contributed by atoms with van der Waals surface area (Å²) in [6, 6.07) is -1.04. The second-order valence-corrected chi connectivity index (χ2v) is 2.58. The second kappa shape index (κ2) is 7.25. The van der Waals surface area contributed by atoms with Crippen LogP contribution in [0.15, 0.2) is 0 Å². The Morgan fingerprint density at radius 3 is 1.71 bits per heavy atom. The molecular weight excluding hydrogens is 190 g/mol. The van der Waals surface area contributed by atoms with E-state index in [9.17, 15) is 9.59 Å². The van der Waals surface area contributed by atoms with Gasteiger partial charge in [0, 0.05) is 13.1 Å². The van der Waals surface area contributed by atoms with Crippen LogP contribution in [0.1, 0.15) is 0 Å². The summed E-state index contributed by atoms with van der Waals surface area (Å²) >= 11 is 0. The number of imide groups is 1. The first-order valence-corrected chi connectivity index (χ1v) is 4.25. The zero-order chi connectivity index (χ0) is 11.0. The van der Waals surface area contributed by atoms with Gasteiger partial charge in [-0.2, -0.15) is 4.90 Å². The van der Waals surface area contributed by atoms with E-state index >= 15 is 0 Å². The summed E-state index contributed by atoms with van der Waals surface area (Å²) in [5.41, 5.74) is 0. The molecule has 14 heavy (non-hydrogen) atoms. The van der Waals surface area contributed by atoms with Gasteiger partial charge in [-0.15, -0.1) is 0 Å². The van der Waals surface area contributed by atoms with Gasteiger partial charge in [0.2, 0.25) is 0 Å². The number of amides is 4. The van der Waals surface area contributed by atoms with E-state index in [2.05, 4.69) is 10.6 Å². The van der Waals surface area contributed by atoms with Crippen molar-refractivity contribution < 1.29 is 24.7 Å². The number of aliphatic hydroxyl groups excluding tert-OH is 2. The molecule has 7 nitrogen and oxygen atoms in total. The molecule has 0 aliphatic carbocycles. The lowest BCUT2D eigenvalue weighted by molar-refractivity contribution is -0.701. The first-order chi connectivity index (χ1) is 6.63. The standard InChI is InChI=1S/C7H15N3O4/c1-10(6(13)8-2-4-11)7(14)9-3-5-12/h11-12H,2-5H2,1H3,(H,8,13)(H,9,14)/p+1. The second-order valence-electron chi connectivity index (χ2n) is 2.58. The molecule has 0 aromatic carbocycles. The monoisotopic (exact) mass is 206 g/mol. The van der Waals surface area contributed by atoms with Gasteiger partial charge in [0.15, 0.2) is 0 Å². The summed E-state index contributed by atoms with van der Waals surface area (Å²) in [6.07, 6.45) is 0. The molecule has 82 valence electrons. The van der Waals surface area contributed by atoms with E-state index < -0.39 is 12.1 Å². The van der Waals surface area contributed by atoms with E-state index in [1.807, 2.05) is 0 Å². The molecule has 7 heteroatoms. The molecule has 4 amide bonds. The van der Waals surface area contributed by atoms with Crippen molar-refractivity contribution in [2.75, 3.05) is 33.4 Å². The molecule has 0 aliphatic rings. The summed E-state index contributed by atoms with van der Waals surface area (Å²) < 4.78 is 0. The minimum atomic E-state index is -0.519. The maximum absolute atomic E-state index is 11.1. The SMILES string of the molecule is C[NH+](C(=O)NCCO)C(=O)NCCO.